The fourth-order valence-corrected chi connectivity index (χ4v) is 4.15. The Morgan fingerprint density at radius 3 is 2.71 bits per heavy atom. The van der Waals surface area contributed by atoms with Crippen LogP contribution in [0.1, 0.15) is 19.8 Å². The van der Waals surface area contributed by atoms with Gasteiger partial charge in [-0.1, -0.05) is 6.92 Å². The number of hydrogen-bond donors (Lipinski definition) is 3. The summed E-state index contributed by atoms with van der Waals surface area (Å²) in [6.45, 7) is 5.54. The minimum absolute atomic E-state index is 0.00928. The smallest absolute Gasteiger partial charge is 0.257 e. The molecule has 0 atom stereocenters. The molecule has 1 aromatic carbocycles. The van der Waals surface area contributed by atoms with Crippen molar-refractivity contribution >= 4 is 38.7 Å². The van der Waals surface area contributed by atoms with Crippen molar-refractivity contribution in [2.24, 2.45) is 0 Å². The largest absolute Gasteiger partial charge is 0.484 e. The van der Waals surface area contributed by atoms with Gasteiger partial charge in [0.05, 0.1) is 10.2 Å². The van der Waals surface area contributed by atoms with Crippen molar-refractivity contribution in [1.29, 1.82) is 0 Å². The number of piperidine rings is 1. The lowest BCUT2D eigenvalue weighted by Gasteiger charge is -2.32. The molecule has 164 valence electrons. The highest BCUT2D eigenvalue weighted by molar-refractivity contribution is 9.10. The molecule has 1 aliphatic rings. The molecule has 0 spiro atoms. The molecule has 0 saturated carbocycles. The van der Waals surface area contributed by atoms with E-state index in [1.54, 1.807) is 13.2 Å². The summed E-state index contributed by atoms with van der Waals surface area (Å²) in [6.07, 6.45) is 4.03. The van der Waals surface area contributed by atoms with Gasteiger partial charge in [0.1, 0.15) is 17.1 Å². The summed E-state index contributed by atoms with van der Waals surface area (Å²) in [5, 5.41) is 6.23. The Labute approximate surface area is 189 Å². The quantitative estimate of drug-likeness (QED) is 0.473. The Morgan fingerprint density at radius 2 is 2.03 bits per heavy atom. The molecule has 2 aromatic heterocycles. The predicted octanol–water partition coefficient (Wildman–Crippen LogP) is 3.41. The number of nitrogens with one attached hydrogen (secondary N) is 3. The highest BCUT2D eigenvalue weighted by Gasteiger charge is 2.21. The van der Waals surface area contributed by atoms with E-state index in [2.05, 4.69) is 53.3 Å². The zero-order valence-electron chi connectivity index (χ0n) is 17.7. The summed E-state index contributed by atoms with van der Waals surface area (Å²) in [7, 11) is 1.58. The maximum Gasteiger partial charge on any atom is 0.257 e. The molecular weight excluding hydrogens is 460 g/mol. The van der Waals surface area contributed by atoms with Gasteiger partial charge in [-0.25, -0.2) is 9.97 Å². The van der Waals surface area contributed by atoms with Crippen LogP contribution in [-0.2, 0) is 4.79 Å². The second-order valence-electron chi connectivity index (χ2n) is 7.60. The van der Waals surface area contributed by atoms with Crippen LogP contribution in [0, 0.1) is 0 Å². The number of fused-ring (bicyclic) bond motifs is 1. The molecule has 8 nitrogen and oxygen atoms in total. The maximum absolute atomic E-state index is 11.3. The van der Waals surface area contributed by atoms with Crippen LogP contribution in [0.25, 0.3) is 22.6 Å². The summed E-state index contributed by atoms with van der Waals surface area (Å²) in [6, 6.07) is 7.91. The standard InChI is InChI=1S/C22H27BrN6O2/c1-3-29-10-8-15(9-11-29)26-19-17(23)12-25-22-20(19)27-21(28-22)14-4-6-16(7-5-14)31-13-18(30)24-2/h4-7,12,15H,3,8-11,13H2,1-2H3,(H,24,30)(H2,25,26,27,28). The Kier molecular flexibility index (Phi) is 6.72. The Morgan fingerprint density at radius 1 is 1.29 bits per heavy atom. The van der Waals surface area contributed by atoms with Crippen molar-refractivity contribution in [3.63, 3.8) is 0 Å². The number of hydrogen-bond acceptors (Lipinski definition) is 6. The summed E-state index contributed by atoms with van der Waals surface area (Å²) in [4.78, 5) is 26.4. The molecule has 1 fully saturated rings. The topological polar surface area (TPSA) is 95.2 Å². The number of nitrogens with zero attached hydrogens (tertiary/aromatic N) is 3. The van der Waals surface area contributed by atoms with E-state index in [4.69, 9.17) is 4.74 Å². The van der Waals surface area contributed by atoms with E-state index in [1.807, 2.05) is 24.3 Å². The number of likely N-dealkylation sites (tertiary alicyclic amines) is 1. The van der Waals surface area contributed by atoms with Crippen LogP contribution in [0.15, 0.2) is 34.9 Å². The zero-order valence-corrected chi connectivity index (χ0v) is 19.3. The van der Waals surface area contributed by atoms with Gasteiger partial charge in [0.15, 0.2) is 12.3 Å². The van der Waals surface area contributed by atoms with Crippen LogP contribution in [0.3, 0.4) is 0 Å². The lowest BCUT2D eigenvalue weighted by molar-refractivity contribution is -0.122. The van der Waals surface area contributed by atoms with Gasteiger partial charge in [-0.3, -0.25) is 4.79 Å². The minimum atomic E-state index is -0.168. The second kappa shape index (κ2) is 9.65. The number of anilines is 1. The summed E-state index contributed by atoms with van der Waals surface area (Å²) in [5.41, 5.74) is 3.49. The van der Waals surface area contributed by atoms with E-state index < -0.39 is 0 Å². The molecular formula is C22H27BrN6O2. The van der Waals surface area contributed by atoms with Crippen LogP contribution in [-0.4, -0.2) is 65.1 Å². The van der Waals surface area contributed by atoms with Gasteiger partial charge in [0.25, 0.3) is 5.91 Å². The molecule has 0 radical (unpaired) electrons. The second-order valence-corrected chi connectivity index (χ2v) is 8.46. The highest BCUT2D eigenvalue weighted by Crippen LogP contribution is 2.32. The van der Waals surface area contributed by atoms with Crippen LogP contribution in [0.2, 0.25) is 0 Å². The first-order valence-electron chi connectivity index (χ1n) is 10.5. The van der Waals surface area contributed by atoms with E-state index in [0.717, 1.165) is 59.5 Å². The van der Waals surface area contributed by atoms with Gasteiger partial charge in [-0.15, -0.1) is 0 Å². The molecule has 3 aromatic rings. The van der Waals surface area contributed by atoms with Gasteiger partial charge in [0, 0.05) is 37.9 Å². The third-order valence-electron chi connectivity index (χ3n) is 5.63. The SMILES string of the molecule is CCN1CCC(Nc2c(Br)cnc3nc(-c4ccc(OCC(=O)NC)cc4)[nH]c23)CC1. The molecule has 31 heavy (non-hydrogen) atoms. The van der Waals surface area contributed by atoms with E-state index >= 15 is 0 Å². The maximum atomic E-state index is 11.3. The number of halogens is 1. The number of H-pyrrole nitrogens is 1. The molecule has 0 bridgehead atoms. The lowest BCUT2D eigenvalue weighted by Crippen LogP contribution is -2.38. The van der Waals surface area contributed by atoms with Crippen molar-refractivity contribution in [1.82, 2.24) is 25.2 Å². The number of pyridine rings is 1. The van der Waals surface area contributed by atoms with Crippen LogP contribution in [0.4, 0.5) is 5.69 Å². The van der Waals surface area contributed by atoms with Crippen molar-refractivity contribution < 1.29 is 9.53 Å². The number of aromatic amines is 1. The van der Waals surface area contributed by atoms with Gasteiger partial charge in [-0.2, -0.15) is 0 Å². The van der Waals surface area contributed by atoms with Gasteiger partial charge in [0.2, 0.25) is 0 Å². The molecule has 3 N–H and O–H groups in total. The third kappa shape index (κ3) is 4.99. The van der Waals surface area contributed by atoms with Crippen molar-refractivity contribution in [2.45, 2.75) is 25.8 Å². The first-order valence-corrected chi connectivity index (χ1v) is 11.3. The molecule has 1 amide bonds. The number of benzene rings is 1. The van der Waals surface area contributed by atoms with Crippen molar-refractivity contribution in [2.75, 3.05) is 38.6 Å². The zero-order chi connectivity index (χ0) is 21.8. The lowest BCUT2D eigenvalue weighted by atomic mass is 10.0. The summed E-state index contributed by atoms with van der Waals surface area (Å²) >= 11 is 3.65. The molecule has 1 saturated heterocycles. The number of rotatable bonds is 7. The van der Waals surface area contributed by atoms with Gasteiger partial charge in [-0.05, 0) is 59.6 Å². The highest BCUT2D eigenvalue weighted by atomic mass is 79.9. The van der Waals surface area contributed by atoms with E-state index in [9.17, 15) is 4.79 Å². The average Bonchev–Trinajstić information content (AvgIpc) is 3.25. The third-order valence-corrected chi connectivity index (χ3v) is 6.23. The Hall–Kier alpha value is -2.65. The van der Waals surface area contributed by atoms with Gasteiger partial charge >= 0.3 is 0 Å². The molecule has 0 aliphatic carbocycles. The number of likely N-dealkylation sites (N-methyl/N-ethyl adjacent to an activating group) is 1. The van der Waals surface area contributed by atoms with Crippen LogP contribution in [0.5, 0.6) is 5.75 Å². The average molecular weight is 487 g/mol. The molecule has 4 rings (SSSR count). The van der Waals surface area contributed by atoms with Crippen LogP contribution >= 0.6 is 15.9 Å². The van der Waals surface area contributed by atoms with Crippen LogP contribution < -0.4 is 15.4 Å². The normalized spacial score (nSPS) is 15.2. The Bertz CT molecular complexity index is 1040. The van der Waals surface area contributed by atoms with Crippen molar-refractivity contribution in [3.8, 4) is 17.1 Å². The molecule has 1 aliphatic heterocycles. The number of carbonyl (C=O) groups excluding carboxylic acids is 1. The van der Waals surface area contributed by atoms with E-state index in [-0.39, 0.29) is 12.5 Å². The molecule has 9 heteroatoms. The van der Waals surface area contributed by atoms with Gasteiger partial charge < -0.3 is 25.3 Å². The fraction of sp³-hybridized carbons (Fsp3) is 0.409. The number of ether oxygens (including phenoxy) is 1. The van der Waals surface area contributed by atoms with Crippen molar-refractivity contribution in [3.05, 3.63) is 34.9 Å². The minimum Gasteiger partial charge on any atom is -0.484 e. The Balaban J connectivity index is 1.53. The monoisotopic (exact) mass is 486 g/mol. The number of aromatic nitrogens is 3. The molecule has 3 heterocycles. The number of imidazole rings is 1. The first-order chi connectivity index (χ1) is 15.1. The van der Waals surface area contributed by atoms with E-state index in [0.29, 0.717) is 17.4 Å². The molecule has 0 unspecified atom stereocenters. The van der Waals surface area contributed by atoms with E-state index in [1.165, 1.54) is 0 Å². The fourth-order valence-electron chi connectivity index (χ4n) is 3.74. The number of amides is 1. The first kappa shape index (κ1) is 21.6. The predicted molar refractivity (Wildman–Crippen MR) is 125 cm³/mol. The summed E-state index contributed by atoms with van der Waals surface area (Å²) in [5.74, 6) is 1.20. The number of carbonyl (C=O) groups is 1. The summed E-state index contributed by atoms with van der Waals surface area (Å²) < 4.78 is 6.39.